The fourth-order valence-corrected chi connectivity index (χ4v) is 2.88. The highest BCUT2D eigenvalue weighted by Crippen LogP contribution is 2.34. The van der Waals surface area contributed by atoms with Crippen molar-refractivity contribution < 1.29 is 9.53 Å². The Labute approximate surface area is 159 Å². The number of aromatic nitrogens is 1. The molecule has 0 aliphatic rings. The fraction of sp³-hybridized carbons (Fsp3) is 0.182. The van der Waals surface area contributed by atoms with E-state index in [0.717, 1.165) is 22.2 Å². The minimum Gasteiger partial charge on any atom is -0.492 e. The summed E-state index contributed by atoms with van der Waals surface area (Å²) in [5, 5.41) is 7.08. The molecule has 0 bridgehead atoms. The van der Waals surface area contributed by atoms with Crippen molar-refractivity contribution in [1.29, 1.82) is 0 Å². The van der Waals surface area contributed by atoms with Crippen LogP contribution in [0.15, 0.2) is 61.3 Å². The van der Waals surface area contributed by atoms with Gasteiger partial charge in [-0.2, -0.15) is 0 Å². The Hall–Kier alpha value is -3.34. The Kier molecular flexibility index (Phi) is 5.71. The third kappa shape index (κ3) is 3.92. The molecular formula is C22H23N3O2. The summed E-state index contributed by atoms with van der Waals surface area (Å²) in [5.41, 5.74) is 3.92. The van der Waals surface area contributed by atoms with Crippen LogP contribution in [0, 0.1) is 6.92 Å². The lowest BCUT2D eigenvalue weighted by Crippen LogP contribution is -2.24. The Morgan fingerprint density at radius 2 is 2.04 bits per heavy atom. The Bertz CT molecular complexity index is 982. The van der Waals surface area contributed by atoms with Gasteiger partial charge in [0, 0.05) is 23.8 Å². The van der Waals surface area contributed by atoms with E-state index in [1.54, 1.807) is 12.3 Å². The molecule has 1 aromatic heterocycles. The molecule has 27 heavy (non-hydrogen) atoms. The van der Waals surface area contributed by atoms with Crippen LogP contribution < -0.4 is 15.4 Å². The number of hydrogen-bond acceptors (Lipinski definition) is 4. The molecule has 1 heterocycles. The van der Waals surface area contributed by atoms with Gasteiger partial charge < -0.3 is 15.4 Å². The number of para-hydroxylation sites is 2. The zero-order chi connectivity index (χ0) is 19.2. The molecule has 0 saturated heterocycles. The Morgan fingerprint density at radius 1 is 1.22 bits per heavy atom. The zero-order valence-electron chi connectivity index (χ0n) is 15.6. The van der Waals surface area contributed by atoms with Gasteiger partial charge in [0.1, 0.15) is 11.3 Å². The number of amides is 1. The maximum Gasteiger partial charge on any atom is 0.255 e. The maximum atomic E-state index is 12.7. The van der Waals surface area contributed by atoms with Gasteiger partial charge in [0.2, 0.25) is 0 Å². The number of benzene rings is 2. The number of anilines is 2. The van der Waals surface area contributed by atoms with Crippen LogP contribution >= 0.6 is 0 Å². The third-order valence-electron chi connectivity index (χ3n) is 4.22. The predicted octanol–water partition coefficient (Wildman–Crippen LogP) is 4.60. The molecule has 3 aromatic rings. The standard InChI is InChI=1S/C22H23N3O2/c1-4-13-23-22(26)17-14-24-21-16(10-8-12-19(21)27-5-2)20(17)25-18-11-7-6-9-15(18)3/h4,6-12,14H,1,5,13H2,2-3H3,(H,23,26)(H,24,25). The quantitative estimate of drug-likeness (QED) is 0.604. The van der Waals surface area contributed by atoms with E-state index in [2.05, 4.69) is 22.2 Å². The number of nitrogens with one attached hydrogen (secondary N) is 2. The lowest BCUT2D eigenvalue weighted by Gasteiger charge is -2.17. The van der Waals surface area contributed by atoms with Gasteiger partial charge in [0.15, 0.2) is 0 Å². The number of carbonyl (C=O) groups excluding carboxylic acids is 1. The van der Waals surface area contributed by atoms with Crippen LogP contribution in [0.4, 0.5) is 11.4 Å². The van der Waals surface area contributed by atoms with E-state index in [0.29, 0.717) is 30.2 Å². The van der Waals surface area contributed by atoms with Crippen molar-refractivity contribution in [3.05, 3.63) is 72.4 Å². The predicted molar refractivity (Wildman–Crippen MR) is 110 cm³/mol. The molecule has 2 aromatic carbocycles. The summed E-state index contributed by atoms with van der Waals surface area (Å²) in [4.78, 5) is 17.2. The van der Waals surface area contributed by atoms with Gasteiger partial charge in [-0.1, -0.05) is 36.4 Å². The van der Waals surface area contributed by atoms with E-state index in [-0.39, 0.29) is 5.91 Å². The van der Waals surface area contributed by atoms with Gasteiger partial charge in [-0.3, -0.25) is 9.78 Å². The van der Waals surface area contributed by atoms with Crippen LogP contribution in [0.2, 0.25) is 0 Å². The average Bonchev–Trinajstić information content (AvgIpc) is 2.68. The molecule has 1 amide bonds. The SMILES string of the molecule is C=CCNC(=O)c1cnc2c(OCC)cccc2c1Nc1ccccc1C. The van der Waals surface area contributed by atoms with Crippen molar-refractivity contribution in [2.45, 2.75) is 13.8 Å². The molecule has 138 valence electrons. The highest BCUT2D eigenvalue weighted by molar-refractivity contribution is 6.09. The summed E-state index contributed by atoms with van der Waals surface area (Å²) in [6, 6.07) is 13.7. The molecule has 0 aliphatic carbocycles. The lowest BCUT2D eigenvalue weighted by molar-refractivity contribution is 0.0958. The number of ether oxygens (including phenoxy) is 1. The largest absolute Gasteiger partial charge is 0.492 e. The number of hydrogen-bond donors (Lipinski definition) is 2. The number of rotatable bonds is 7. The summed E-state index contributed by atoms with van der Waals surface area (Å²) in [5.74, 6) is 0.489. The Balaban J connectivity index is 2.17. The summed E-state index contributed by atoms with van der Waals surface area (Å²) in [7, 11) is 0. The van der Waals surface area contributed by atoms with E-state index in [1.807, 2.05) is 56.3 Å². The number of nitrogens with zero attached hydrogens (tertiary/aromatic N) is 1. The van der Waals surface area contributed by atoms with Crippen LogP contribution in [0.5, 0.6) is 5.75 Å². The second-order valence-corrected chi connectivity index (χ2v) is 6.07. The monoisotopic (exact) mass is 361 g/mol. The van der Waals surface area contributed by atoms with Crippen molar-refractivity contribution in [3.8, 4) is 5.75 Å². The molecule has 2 N–H and O–H groups in total. The Morgan fingerprint density at radius 3 is 2.78 bits per heavy atom. The van der Waals surface area contributed by atoms with E-state index in [4.69, 9.17) is 4.74 Å². The first-order valence-electron chi connectivity index (χ1n) is 8.92. The lowest BCUT2D eigenvalue weighted by atomic mass is 10.1. The van der Waals surface area contributed by atoms with Gasteiger partial charge in [-0.25, -0.2) is 0 Å². The average molecular weight is 361 g/mol. The third-order valence-corrected chi connectivity index (χ3v) is 4.22. The minimum atomic E-state index is -0.206. The van der Waals surface area contributed by atoms with Gasteiger partial charge >= 0.3 is 0 Å². The van der Waals surface area contributed by atoms with Crippen LogP contribution in [0.25, 0.3) is 10.9 Å². The summed E-state index contributed by atoms with van der Waals surface area (Å²) in [6.45, 7) is 8.54. The van der Waals surface area contributed by atoms with E-state index < -0.39 is 0 Å². The smallest absolute Gasteiger partial charge is 0.255 e. The van der Waals surface area contributed by atoms with Crippen molar-refractivity contribution in [3.63, 3.8) is 0 Å². The van der Waals surface area contributed by atoms with Gasteiger partial charge in [0.25, 0.3) is 5.91 Å². The number of carbonyl (C=O) groups is 1. The molecule has 3 rings (SSSR count). The summed E-state index contributed by atoms with van der Waals surface area (Å²) < 4.78 is 5.71. The molecule has 0 fully saturated rings. The number of fused-ring (bicyclic) bond motifs is 1. The topological polar surface area (TPSA) is 63.2 Å². The highest BCUT2D eigenvalue weighted by atomic mass is 16.5. The van der Waals surface area contributed by atoms with Crippen molar-refractivity contribution >= 4 is 28.2 Å². The maximum absolute atomic E-state index is 12.7. The molecule has 5 nitrogen and oxygen atoms in total. The van der Waals surface area contributed by atoms with Crippen LogP contribution in [0.1, 0.15) is 22.8 Å². The summed E-state index contributed by atoms with van der Waals surface area (Å²) >= 11 is 0. The fourth-order valence-electron chi connectivity index (χ4n) is 2.88. The van der Waals surface area contributed by atoms with Gasteiger partial charge in [0.05, 0.1) is 17.9 Å². The molecule has 0 aliphatic heterocycles. The second-order valence-electron chi connectivity index (χ2n) is 6.07. The molecule has 0 atom stereocenters. The zero-order valence-corrected chi connectivity index (χ0v) is 15.6. The first-order chi connectivity index (χ1) is 13.2. The van der Waals surface area contributed by atoms with Crippen LogP contribution in [0.3, 0.4) is 0 Å². The second kappa shape index (κ2) is 8.36. The highest BCUT2D eigenvalue weighted by Gasteiger charge is 2.17. The first kappa shape index (κ1) is 18.5. The van der Waals surface area contributed by atoms with Crippen molar-refractivity contribution in [2.24, 2.45) is 0 Å². The van der Waals surface area contributed by atoms with E-state index in [1.165, 1.54) is 0 Å². The van der Waals surface area contributed by atoms with Gasteiger partial charge in [-0.05, 0) is 31.5 Å². The molecule has 5 heteroatoms. The van der Waals surface area contributed by atoms with Crippen LogP contribution in [-0.4, -0.2) is 24.0 Å². The van der Waals surface area contributed by atoms with Gasteiger partial charge in [-0.15, -0.1) is 6.58 Å². The molecule has 0 radical (unpaired) electrons. The van der Waals surface area contributed by atoms with E-state index >= 15 is 0 Å². The first-order valence-corrected chi connectivity index (χ1v) is 8.92. The minimum absolute atomic E-state index is 0.206. The summed E-state index contributed by atoms with van der Waals surface area (Å²) in [6.07, 6.45) is 3.23. The normalized spacial score (nSPS) is 10.4. The molecule has 0 spiro atoms. The number of aryl methyl sites for hydroxylation is 1. The van der Waals surface area contributed by atoms with Crippen molar-refractivity contribution in [2.75, 3.05) is 18.5 Å². The molecule has 0 saturated carbocycles. The van der Waals surface area contributed by atoms with E-state index in [9.17, 15) is 4.79 Å². The van der Waals surface area contributed by atoms with Crippen molar-refractivity contribution in [1.82, 2.24) is 10.3 Å². The molecular weight excluding hydrogens is 338 g/mol. The number of pyridine rings is 1. The molecule has 0 unspecified atom stereocenters. The van der Waals surface area contributed by atoms with Crippen LogP contribution in [-0.2, 0) is 0 Å².